The summed E-state index contributed by atoms with van der Waals surface area (Å²) in [5, 5.41) is 38.9. The topological polar surface area (TPSA) is 117 Å². The first-order chi connectivity index (χ1) is 9.20. The Morgan fingerprint density at radius 2 is 1.70 bits per heavy atom. The first-order valence-corrected chi connectivity index (χ1v) is 6.09. The van der Waals surface area contributed by atoms with Crippen molar-refractivity contribution >= 4 is 5.69 Å². The second kappa shape index (κ2) is 5.89. The number of nitrogen functional groups attached to an aromatic ring is 1. The summed E-state index contributed by atoms with van der Waals surface area (Å²) in [5.74, 6) is 0. The molecule has 6 nitrogen and oxygen atoms in total. The molecule has 1 aromatic carbocycles. The van der Waals surface area contributed by atoms with Crippen LogP contribution in [-0.2, 0) is 0 Å². The lowest BCUT2D eigenvalue weighted by atomic mass is 9.99. The molecule has 0 aliphatic heterocycles. The van der Waals surface area contributed by atoms with Gasteiger partial charge in [0.1, 0.15) is 12.1 Å². The summed E-state index contributed by atoms with van der Waals surface area (Å²) in [5.41, 5.74) is 5.88. The minimum Gasteiger partial charge on any atom is -0.397 e. The largest absolute Gasteiger partial charge is 0.397 e. The number of benzene rings is 1. The van der Waals surface area contributed by atoms with Gasteiger partial charge in [-0.1, -0.05) is 0 Å². The van der Waals surface area contributed by atoms with Crippen molar-refractivity contribution in [3.63, 3.8) is 0 Å². The number of nitrogens with zero attached hydrogens (tertiary/aromatic N) is 3. The second-order valence-electron chi connectivity index (χ2n) is 5.52. The van der Waals surface area contributed by atoms with E-state index in [1.807, 2.05) is 12.1 Å². The molecule has 0 saturated heterocycles. The molecule has 106 valence electrons. The van der Waals surface area contributed by atoms with Crippen LogP contribution in [0.1, 0.15) is 43.6 Å². The molecule has 0 aliphatic carbocycles. The Balaban J connectivity index is 3.09. The lowest BCUT2D eigenvalue weighted by molar-refractivity contribution is -0.172. The molecule has 0 radical (unpaired) electrons. The van der Waals surface area contributed by atoms with E-state index in [-0.39, 0.29) is 23.4 Å². The fourth-order valence-corrected chi connectivity index (χ4v) is 1.60. The molecule has 1 atom stereocenters. The van der Waals surface area contributed by atoms with Crippen molar-refractivity contribution in [2.45, 2.75) is 32.4 Å². The highest BCUT2D eigenvalue weighted by atomic mass is 16.5. The van der Waals surface area contributed by atoms with Crippen LogP contribution in [0.2, 0.25) is 0 Å². The zero-order valence-corrected chi connectivity index (χ0v) is 11.8. The van der Waals surface area contributed by atoms with Crippen molar-refractivity contribution in [1.29, 1.82) is 10.5 Å². The number of β-amino-alcohol motifs (C(OH)–C–C–N with tert-alkyl or cyclic N) is 1. The molecule has 4 N–H and O–H groups in total. The summed E-state index contributed by atoms with van der Waals surface area (Å²) in [6, 6.07) is 6.63. The van der Waals surface area contributed by atoms with Gasteiger partial charge >= 0.3 is 0 Å². The molecular formula is C14H18N4O2. The van der Waals surface area contributed by atoms with E-state index < -0.39 is 11.6 Å². The predicted molar refractivity (Wildman–Crippen MR) is 73.5 cm³/mol. The number of nitriles is 2. The van der Waals surface area contributed by atoms with E-state index >= 15 is 0 Å². The number of aliphatic hydroxyl groups excluding tert-OH is 1. The first-order valence-electron chi connectivity index (χ1n) is 6.09. The minimum atomic E-state index is -1.03. The molecule has 0 bridgehead atoms. The predicted octanol–water partition coefficient (Wildman–Crippen LogP) is 1.54. The molecule has 0 heterocycles. The molecule has 0 saturated carbocycles. The fraction of sp³-hybridized carbons (Fsp3) is 0.429. The molecular weight excluding hydrogens is 256 g/mol. The minimum absolute atomic E-state index is 0.0385. The summed E-state index contributed by atoms with van der Waals surface area (Å²) >= 11 is 0. The maximum absolute atomic E-state index is 10.1. The van der Waals surface area contributed by atoms with E-state index in [9.17, 15) is 10.3 Å². The van der Waals surface area contributed by atoms with Crippen LogP contribution in [0.4, 0.5) is 5.69 Å². The van der Waals surface area contributed by atoms with Gasteiger partial charge in [0.25, 0.3) is 0 Å². The Morgan fingerprint density at radius 1 is 1.25 bits per heavy atom. The van der Waals surface area contributed by atoms with E-state index in [1.165, 1.54) is 12.1 Å². The quantitative estimate of drug-likeness (QED) is 0.568. The monoisotopic (exact) mass is 274 g/mol. The van der Waals surface area contributed by atoms with Crippen molar-refractivity contribution in [3.05, 3.63) is 28.8 Å². The molecule has 0 aromatic heterocycles. The molecule has 1 rings (SSSR count). The molecule has 20 heavy (non-hydrogen) atoms. The van der Waals surface area contributed by atoms with Gasteiger partial charge in [-0.2, -0.15) is 15.6 Å². The average molecular weight is 274 g/mol. The van der Waals surface area contributed by atoms with Gasteiger partial charge in [-0.3, -0.25) is 0 Å². The highest BCUT2D eigenvalue weighted by Gasteiger charge is 2.23. The smallest absolute Gasteiger partial charge is 0.101 e. The molecule has 1 unspecified atom stereocenters. The zero-order chi connectivity index (χ0) is 15.5. The lowest BCUT2D eigenvalue weighted by Crippen LogP contribution is -2.41. The van der Waals surface area contributed by atoms with Crippen LogP contribution >= 0.6 is 0 Å². The highest BCUT2D eigenvalue weighted by molar-refractivity contribution is 5.65. The van der Waals surface area contributed by atoms with Crippen LogP contribution in [0.25, 0.3) is 0 Å². The number of nitrogens with two attached hydrogens (primary N) is 1. The number of aliphatic hydroxyl groups is 1. The van der Waals surface area contributed by atoms with E-state index in [2.05, 4.69) is 0 Å². The number of rotatable bonds is 3. The SMILES string of the molecule is CC(C)(C)N(O)CC(O)c1cc(C#N)c(N)c(C#N)c1. The normalized spacial score (nSPS) is 12.8. The number of anilines is 1. The van der Waals surface area contributed by atoms with Crippen LogP contribution in [-0.4, -0.2) is 27.5 Å². The zero-order valence-electron chi connectivity index (χ0n) is 11.8. The van der Waals surface area contributed by atoms with Gasteiger partial charge in [0.05, 0.1) is 29.5 Å². The van der Waals surface area contributed by atoms with Crippen molar-refractivity contribution in [2.75, 3.05) is 12.3 Å². The Kier molecular flexibility index (Phi) is 4.69. The molecule has 0 spiro atoms. The third-order valence-electron chi connectivity index (χ3n) is 2.95. The van der Waals surface area contributed by atoms with Gasteiger partial charge in [0.2, 0.25) is 0 Å². The van der Waals surface area contributed by atoms with Crippen LogP contribution in [0.5, 0.6) is 0 Å². The molecule has 1 aromatic rings. The highest BCUT2D eigenvalue weighted by Crippen LogP contribution is 2.25. The van der Waals surface area contributed by atoms with Gasteiger partial charge < -0.3 is 16.0 Å². The Morgan fingerprint density at radius 3 is 2.05 bits per heavy atom. The lowest BCUT2D eigenvalue weighted by Gasteiger charge is -2.31. The summed E-state index contributed by atoms with van der Waals surface area (Å²) < 4.78 is 0. The van der Waals surface area contributed by atoms with Crippen molar-refractivity contribution < 1.29 is 10.3 Å². The molecule has 0 fully saturated rings. The summed E-state index contributed by atoms with van der Waals surface area (Å²) in [7, 11) is 0. The van der Waals surface area contributed by atoms with E-state index in [0.29, 0.717) is 5.56 Å². The third-order valence-corrected chi connectivity index (χ3v) is 2.95. The maximum atomic E-state index is 10.1. The Labute approximate surface area is 118 Å². The standard InChI is InChI=1S/C14H18N4O2/c1-14(2,3)18(20)8-12(19)9-4-10(6-15)13(17)11(5-9)7-16/h4-5,12,19-20H,8,17H2,1-3H3. The third kappa shape index (κ3) is 3.46. The van der Waals surface area contributed by atoms with Crippen molar-refractivity contribution in [3.8, 4) is 12.1 Å². The van der Waals surface area contributed by atoms with Gasteiger partial charge in [-0.25, -0.2) is 0 Å². The van der Waals surface area contributed by atoms with Crippen LogP contribution < -0.4 is 5.73 Å². The van der Waals surface area contributed by atoms with E-state index in [4.69, 9.17) is 16.3 Å². The summed E-state index contributed by atoms with van der Waals surface area (Å²) in [4.78, 5) is 0. The van der Waals surface area contributed by atoms with Gasteiger partial charge in [0, 0.05) is 5.54 Å². The van der Waals surface area contributed by atoms with E-state index in [1.54, 1.807) is 20.8 Å². The van der Waals surface area contributed by atoms with Crippen LogP contribution in [0, 0.1) is 22.7 Å². The fourth-order valence-electron chi connectivity index (χ4n) is 1.60. The van der Waals surface area contributed by atoms with E-state index in [0.717, 1.165) is 5.06 Å². The number of hydrogen-bond donors (Lipinski definition) is 3. The second-order valence-corrected chi connectivity index (χ2v) is 5.52. The number of hydrogen-bond acceptors (Lipinski definition) is 6. The summed E-state index contributed by atoms with van der Waals surface area (Å²) in [6.07, 6.45) is -1.03. The maximum Gasteiger partial charge on any atom is 0.101 e. The first kappa shape index (κ1) is 15.9. The molecule has 0 amide bonds. The molecule has 6 heteroatoms. The van der Waals surface area contributed by atoms with Gasteiger partial charge in [-0.15, -0.1) is 0 Å². The Bertz CT molecular complexity index is 543. The van der Waals surface area contributed by atoms with Gasteiger partial charge in [-0.05, 0) is 38.5 Å². The van der Waals surface area contributed by atoms with Crippen molar-refractivity contribution in [2.24, 2.45) is 0 Å². The van der Waals surface area contributed by atoms with Crippen molar-refractivity contribution in [1.82, 2.24) is 5.06 Å². The number of hydroxylamine groups is 2. The van der Waals surface area contributed by atoms with Crippen LogP contribution in [0.3, 0.4) is 0 Å². The molecule has 0 aliphatic rings. The average Bonchev–Trinajstić information content (AvgIpc) is 2.37. The van der Waals surface area contributed by atoms with Gasteiger partial charge in [0.15, 0.2) is 0 Å². The summed E-state index contributed by atoms with van der Waals surface area (Å²) in [6.45, 7) is 5.35. The van der Waals surface area contributed by atoms with Crippen LogP contribution in [0.15, 0.2) is 12.1 Å². The Hall–Kier alpha value is -2.12.